The normalized spacial score (nSPS) is 20.4. The molecule has 2 N–H and O–H groups in total. The van der Waals surface area contributed by atoms with Crippen molar-refractivity contribution in [2.75, 3.05) is 32.0 Å². The maximum atomic E-state index is 11.7. The second-order valence-electron chi connectivity index (χ2n) is 4.68. The van der Waals surface area contributed by atoms with Crippen molar-refractivity contribution >= 4 is 22.4 Å². The SMILES string of the molecule is CCOC(=O)C1CCCN(CCc2nnc(N)s2)C1. The van der Waals surface area contributed by atoms with Crippen molar-refractivity contribution in [1.82, 2.24) is 15.1 Å². The summed E-state index contributed by atoms with van der Waals surface area (Å²) in [5.41, 5.74) is 5.55. The molecule has 1 aliphatic rings. The van der Waals surface area contributed by atoms with Crippen LogP contribution in [0.4, 0.5) is 5.13 Å². The molecule has 106 valence electrons. The summed E-state index contributed by atoms with van der Waals surface area (Å²) in [4.78, 5) is 14.0. The summed E-state index contributed by atoms with van der Waals surface area (Å²) >= 11 is 1.43. The van der Waals surface area contributed by atoms with Gasteiger partial charge >= 0.3 is 5.97 Å². The fourth-order valence-corrected chi connectivity index (χ4v) is 2.93. The maximum Gasteiger partial charge on any atom is 0.310 e. The molecule has 0 amide bonds. The fraction of sp³-hybridized carbons (Fsp3) is 0.750. The highest BCUT2D eigenvalue weighted by molar-refractivity contribution is 7.15. The number of likely N-dealkylation sites (tertiary alicyclic amines) is 1. The molecule has 1 aromatic rings. The molecular formula is C12H20N4O2S. The highest BCUT2D eigenvalue weighted by Gasteiger charge is 2.26. The predicted molar refractivity (Wildman–Crippen MR) is 73.8 cm³/mol. The molecular weight excluding hydrogens is 264 g/mol. The zero-order valence-corrected chi connectivity index (χ0v) is 12.0. The van der Waals surface area contributed by atoms with E-state index in [4.69, 9.17) is 10.5 Å². The third-order valence-electron chi connectivity index (χ3n) is 3.25. The third kappa shape index (κ3) is 4.14. The first-order chi connectivity index (χ1) is 9.19. The van der Waals surface area contributed by atoms with E-state index in [0.717, 1.165) is 43.9 Å². The number of ether oxygens (including phenoxy) is 1. The molecule has 19 heavy (non-hydrogen) atoms. The van der Waals surface area contributed by atoms with Gasteiger partial charge in [-0.15, -0.1) is 10.2 Å². The summed E-state index contributed by atoms with van der Waals surface area (Å²) in [6.45, 7) is 5.01. The van der Waals surface area contributed by atoms with Gasteiger partial charge < -0.3 is 15.4 Å². The van der Waals surface area contributed by atoms with Crippen LogP contribution in [-0.4, -0.2) is 47.3 Å². The lowest BCUT2D eigenvalue weighted by molar-refractivity contribution is -0.149. The lowest BCUT2D eigenvalue weighted by Crippen LogP contribution is -2.40. The van der Waals surface area contributed by atoms with E-state index in [-0.39, 0.29) is 11.9 Å². The number of esters is 1. The van der Waals surface area contributed by atoms with E-state index in [9.17, 15) is 4.79 Å². The Labute approximate surface area is 116 Å². The van der Waals surface area contributed by atoms with Crippen LogP contribution in [0.2, 0.25) is 0 Å². The minimum atomic E-state index is -0.0626. The van der Waals surface area contributed by atoms with Crippen molar-refractivity contribution < 1.29 is 9.53 Å². The summed E-state index contributed by atoms with van der Waals surface area (Å²) in [5.74, 6) is -0.0412. The number of nitrogens with two attached hydrogens (primary N) is 1. The quantitative estimate of drug-likeness (QED) is 0.810. The minimum absolute atomic E-state index is 0.0215. The first-order valence-electron chi connectivity index (χ1n) is 6.66. The highest BCUT2D eigenvalue weighted by Crippen LogP contribution is 2.19. The largest absolute Gasteiger partial charge is 0.466 e. The van der Waals surface area contributed by atoms with Crippen LogP contribution in [0.15, 0.2) is 0 Å². The molecule has 2 rings (SSSR count). The molecule has 1 aliphatic heterocycles. The van der Waals surface area contributed by atoms with Crippen LogP contribution in [0.25, 0.3) is 0 Å². The van der Waals surface area contributed by atoms with Gasteiger partial charge in [-0.3, -0.25) is 4.79 Å². The van der Waals surface area contributed by atoms with Crippen LogP contribution in [0.5, 0.6) is 0 Å². The molecule has 1 atom stereocenters. The number of aromatic nitrogens is 2. The van der Waals surface area contributed by atoms with Gasteiger partial charge in [0.2, 0.25) is 5.13 Å². The van der Waals surface area contributed by atoms with Crippen LogP contribution in [0.1, 0.15) is 24.8 Å². The van der Waals surface area contributed by atoms with Crippen LogP contribution in [0.3, 0.4) is 0 Å². The summed E-state index contributed by atoms with van der Waals surface area (Å²) in [6.07, 6.45) is 2.81. The molecule has 2 heterocycles. The second-order valence-corrected chi connectivity index (χ2v) is 5.77. The van der Waals surface area contributed by atoms with Crippen LogP contribution in [0, 0.1) is 5.92 Å². The molecule has 0 aliphatic carbocycles. The van der Waals surface area contributed by atoms with Crippen molar-refractivity contribution in [3.05, 3.63) is 5.01 Å². The van der Waals surface area contributed by atoms with Gasteiger partial charge in [0.25, 0.3) is 0 Å². The molecule has 0 radical (unpaired) electrons. The average molecular weight is 284 g/mol. The highest BCUT2D eigenvalue weighted by atomic mass is 32.1. The van der Waals surface area contributed by atoms with Crippen molar-refractivity contribution in [2.24, 2.45) is 5.92 Å². The maximum absolute atomic E-state index is 11.7. The number of hydrogen-bond acceptors (Lipinski definition) is 7. The molecule has 1 aromatic heterocycles. The van der Waals surface area contributed by atoms with E-state index < -0.39 is 0 Å². The van der Waals surface area contributed by atoms with E-state index >= 15 is 0 Å². The van der Waals surface area contributed by atoms with Crippen LogP contribution >= 0.6 is 11.3 Å². The molecule has 1 saturated heterocycles. The van der Waals surface area contributed by atoms with E-state index in [1.54, 1.807) is 0 Å². The number of anilines is 1. The Morgan fingerprint density at radius 2 is 2.42 bits per heavy atom. The van der Waals surface area contributed by atoms with E-state index in [1.807, 2.05) is 6.92 Å². The van der Waals surface area contributed by atoms with Crippen LogP contribution in [-0.2, 0) is 16.0 Å². The number of nitrogen functional groups attached to an aromatic ring is 1. The lowest BCUT2D eigenvalue weighted by atomic mass is 9.98. The van der Waals surface area contributed by atoms with Gasteiger partial charge in [-0.2, -0.15) is 0 Å². The van der Waals surface area contributed by atoms with Crippen LogP contribution < -0.4 is 5.73 Å². The zero-order chi connectivity index (χ0) is 13.7. The number of rotatable bonds is 5. The molecule has 0 aromatic carbocycles. The van der Waals surface area contributed by atoms with Crippen molar-refractivity contribution in [2.45, 2.75) is 26.2 Å². The number of nitrogens with zero attached hydrogens (tertiary/aromatic N) is 3. The molecule has 1 unspecified atom stereocenters. The van der Waals surface area contributed by atoms with Gasteiger partial charge in [-0.1, -0.05) is 11.3 Å². The van der Waals surface area contributed by atoms with Gasteiger partial charge in [0, 0.05) is 19.5 Å². The smallest absolute Gasteiger partial charge is 0.310 e. The molecule has 0 bridgehead atoms. The molecule has 1 fully saturated rings. The van der Waals surface area contributed by atoms with E-state index in [1.165, 1.54) is 11.3 Å². The molecule has 6 nitrogen and oxygen atoms in total. The average Bonchev–Trinajstić information content (AvgIpc) is 2.83. The van der Waals surface area contributed by atoms with E-state index in [0.29, 0.717) is 11.7 Å². The summed E-state index contributed by atoms with van der Waals surface area (Å²) in [6, 6.07) is 0. The number of carbonyl (C=O) groups excluding carboxylic acids is 1. The summed E-state index contributed by atoms with van der Waals surface area (Å²) < 4.78 is 5.09. The van der Waals surface area contributed by atoms with Crippen molar-refractivity contribution in [1.29, 1.82) is 0 Å². The number of hydrogen-bond donors (Lipinski definition) is 1. The Hall–Kier alpha value is -1.21. The molecule has 0 spiro atoms. The zero-order valence-electron chi connectivity index (χ0n) is 11.2. The summed E-state index contributed by atoms with van der Waals surface area (Å²) in [5, 5.41) is 9.28. The fourth-order valence-electron chi connectivity index (χ4n) is 2.33. The minimum Gasteiger partial charge on any atom is -0.466 e. The third-order valence-corrected chi connectivity index (χ3v) is 4.06. The molecule has 7 heteroatoms. The van der Waals surface area contributed by atoms with Crippen molar-refractivity contribution in [3.8, 4) is 0 Å². The van der Waals surface area contributed by atoms with Gasteiger partial charge in [-0.05, 0) is 26.3 Å². The monoisotopic (exact) mass is 284 g/mol. The van der Waals surface area contributed by atoms with Gasteiger partial charge in [0.15, 0.2) is 0 Å². The number of carbonyl (C=O) groups is 1. The molecule has 0 saturated carbocycles. The van der Waals surface area contributed by atoms with E-state index in [2.05, 4.69) is 15.1 Å². The second kappa shape index (κ2) is 6.81. The first kappa shape index (κ1) is 14.2. The topological polar surface area (TPSA) is 81.3 Å². The van der Waals surface area contributed by atoms with Gasteiger partial charge in [-0.25, -0.2) is 0 Å². The van der Waals surface area contributed by atoms with Gasteiger partial charge in [0.1, 0.15) is 5.01 Å². The Morgan fingerprint density at radius 3 is 3.11 bits per heavy atom. The Morgan fingerprint density at radius 1 is 1.58 bits per heavy atom. The Balaban J connectivity index is 1.79. The lowest BCUT2D eigenvalue weighted by Gasteiger charge is -2.31. The van der Waals surface area contributed by atoms with Crippen molar-refractivity contribution in [3.63, 3.8) is 0 Å². The predicted octanol–water partition coefficient (Wildman–Crippen LogP) is 0.938. The standard InChI is InChI=1S/C12H20N4O2S/c1-2-18-11(17)9-4-3-6-16(8-9)7-5-10-14-15-12(13)19-10/h9H,2-8H2,1H3,(H2,13,15). The Bertz CT molecular complexity index is 424. The van der Waals surface area contributed by atoms with Gasteiger partial charge in [0.05, 0.1) is 12.5 Å². The number of piperidine rings is 1. The first-order valence-corrected chi connectivity index (χ1v) is 7.47. The Kier molecular flexibility index (Phi) is 5.09. The summed E-state index contributed by atoms with van der Waals surface area (Å²) in [7, 11) is 0.